The summed E-state index contributed by atoms with van der Waals surface area (Å²) in [5.74, 6) is -2.05. The second-order valence-corrected chi connectivity index (χ2v) is 9.87. The quantitative estimate of drug-likeness (QED) is 0.256. The van der Waals surface area contributed by atoms with Gasteiger partial charge in [0.25, 0.3) is 5.91 Å². The van der Waals surface area contributed by atoms with Crippen molar-refractivity contribution in [2.45, 2.75) is 12.6 Å². The zero-order valence-electron chi connectivity index (χ0n) is 19.8. The highest BCUT2D eigenvalue weighted by molar-refractivity contribution is 9.10. The molecule has 1 N–H and O–H groups in total. The Hall–Kier alpha value is -3.89. The highest BCUT2D eigenvalue weighted by Gasteiger charge is 2.36. The van der Waals surface area contributed by atoms with Gasteiger partial charge < -0.3 is 14.6 Å². The Bertz CT molecular complexity index is 1650. The molecule has 10 heteroatoms. The fraction of sp³-hybridized carbons (Fsp3) is 0.143. The third-order valence-corrected chi connectivity index (χ3v) is 7.15. The first kappa shape index (κ1) is 24.4. The zero-order chi connectivity index (χ0) is 26.4. The van der Waals surface area contributed by atoms with Gasteiger partial charge in [0.2, 0.25) is 0 Å². The Labute approximate surface area is 223 Å². The fourth-order valence-corrected chi connectivity index (χ4v) is 4.98. The molecular formula is C28H20BrF3N4O2. The molecule has 2 aromatic heterocycles. The molecule has 38 heavy (non-hydrogen) atoms. The van der Waals surface area contributed by atoms with E-state index in [1.807, 2.05) is 24.3 Å². The van der Waals surface area contributed by atoms with Crippen LogP contribution in [0, 0.1) is 17.5 Å². The summed E-state index contributed by atoms with van der Waals surface area (Å²) in [6, 6.07) is 16.2. The molecule has 1 amide bonds. The number of aromatic amines is 1. The summed E-state index contributed by atoms with van der Waals surface area (Å²) in [6.07, 6.45) is 2.41. The van der Waals surface area contributed by atoms with Crippen LogP contribution in [-0.4, -0.2) is 38.7 Å². The summed E-state index contributed by atoms with van der Waals surface area (Å²) in [5.41, 5.74) is 2.59. The van der Waals surface area contributed by atoms with E-state index in [4.69, 9.17) is 9.84 Å². The van der Waals surface area contributed by atoms with Crippen LogP contribution >= 0.6 is 15.9 Å². The first-order chi connectivity index (χ1) is 18.4. The van der Waals surface area contributed by atoms with E-state index < -0.39 is 17.9 Å². The molecule has 1 saturated heterocycles. The number of nitrogens with zero attached hydrogens (tertiary/aromatic N) is 3. The number of benzene rings is 3. The smallest absolute Gasteiger partial charge is 0.250 e. The maximum absolute atomic E-state index is 15.0. The number of H-pyrrole nitrogens is 1. The first-order valence-electron chi connectivity index (χ1n) is 11.9. The SMILES string of the molecule is O=C1COC(c2cn(-c3ccc(Br)cc3)nc2-c2ccc(F)cc2)N1CCc1c(F)cc2cc[nH]c2c1F. The molecule has 1 aliphatic rings. The first-order valence-corrected chi connectivity index (χ1v) is 12.6. The van der Waals surface area contributed by atoms with Crippen LogP contribution in [0.1, 0.15) is 17.4 Å². The number of hydrogen-bond acceptors (Lipinski definition) is 3. The van der Waals surface area contributed by atoms with Crippen LogP contribution in [0.5, 0.6) is 0 Å². The molecule has 6 rings (SSSR count). The number of amides is 1. The summed E-state index contributed by atoms with van der Waals surface area (Å²) >= 11 is 3.42. The van der Waals surface area contributed by atoms with Crippen LogP contribution in [0.3, 0.4) is 0 Å². The average molecular weight is 581 g/mol. The molecule has 0 bridgehead atoms. The third kappa shape index (κ3) is 4.39. The second-order valence-electron chi connectivity index (χ2n) is 8.95. The average Bonchev–Trinajstić information content (AvgIpc) is 3.64. The molecule has 6 nitrogen and oxygen atoms in total. The second kappa shape index (κ2) is 9.77. The van der Waals surface area contributed by atoms with Gasteiger partial charge in [-0.15, -0.1) is 0 Å². The van der Waals surface area contributed by atoms with Crippen molar-refractivity contribution in [3.63, 3.8) is 0 Å². The Morgan fingerprint density at radius 3 is 2.58 bits per heavy atom. The van der Waals surface area contributed by atoms with E-state index >= 15 is 4.39 Å². The van der Waals surface area contributed by atoms with Crippen molar-refractivity contribution in [1.29, 1.82) is 0 Å². The number of nitrogens with one attached hydrogen (secondary N) is 1. The number of fused-ring (bicyclic) bond motifs is 1. The van der Waals surface area contributed by atoms with Crippen LogP contribution in [-0.2, 0) is 16.0 Å². The molecule has 0 radical (unpaired) electrons. The Balaban J connectivity index is 1.36. The van der Waals surface area contributed by atoms with Gasteiger partial charge in [-0.1, -0.05) is 15.9 Å². The van der Waals surface area contributed by atoms with Gasteiger partial charge in [-0.2, -0.15) is 5.10 Å². The Kier molecular flexibility index (Phi) is 6.29. The minimum absolute atomic E-state index is 0.0237. The van der Waals surface area contributed by atoms with Crippen molar-refractivity contribution in [3.8, 4) is 16.9 Å². The number of ether oxygens (including phenoxy) is 1. The molecule has 0 spiro atoms. The molecular weight excluding hydrogens is 561 g/mol. The highest BCUT2D eigenvalue weighted by Crippen LogP contribution is 2.36. The molecule has 3 heterocycles. The van der Waals surface area contributed by atoms with Gasteiger partial charge in [0, 0.05) is 45.5 Å². The normalized spacial score (nSPS) is 15.6. The topological polar surface area (TPSA) is 63.2 Å². The molecule has 1 fully saturated rings. The number of aromatic nitrogens is 3. The minimum Gasteiger partial charge on any atom is -0.359 e. The van der Waals surface area contributed by atoms with Crippen LogP contribution in [0.25, 0.3) is 27.8 Å². The highest BCUT2D eigenvalue weighted by atomic mass is 79.9. The fourth-order valence-electron chi connectivity index (χ4n) is 4.71. The molecule has 3 aromatic carbocycles. The Morgan fingerprint density at radius 2 is 1.82 bits per heavy atom. The van der Waals surface area contributed by atoms with E-state index in [1.54, 1.807) is 35.3 Å². The number of halogens is 4. The summed E-state index contributed by atoms with van der Waals surface area (Å²) in [5, 5.41) is 5.16. The van der Waals surface area contributed by atoms with E-state index in [0.717, 1.165) is 10.2 Å². The van der Waals surface area contributed by atoms with Gasteiger partial charge in [0.1, 0.15) is 23.9 Å². The van der Waals surface area contributed by atoms with Crippen LogP contribution in [0.15, 0.2) is 77.5 Å². The predicted octanol–water partition coefficient (Wildman–Crippen LogP) is 6.30. The van der Waals surface area contributed by atoms with Crippen LogP contribution < -0.4 is 0 Å². The monoisotopic (exact) mass is 580 g/mol. The third-order valence-electron chi connectivity index (χ3n) is 6.62. The van der Waals surface area contributed by atoms with Gasteiger partial charge in [-0.05, 0) is 67.1 Å². The molecule has 1 atom stereocenters. The van der Waals surface area contributed by atoms with E-state index in [2.05, 4.69) is 20.9 Å². The standard InChI is InChI=1S/C28H20BrF3N4O2/c29-18-3-7-20(8-4-18)36-14-22(26(34-36)16-1-5-19(30)6-2-16)28-35(24(37)15-38-28)12-10-21-23(31)13-17-9-11-33-27(17)25(21)32/h1-9,11,13-14,28,33H,10,12,15H2. The zero-order valence-corrected chi connectivity index (χ0v) is 21.4. The number of hydrogen-bond donors (Lipinski definition) is 1. The molecule has 5 aromatic rings. The number of rotatable bonds is 6. The molecule has 0 aliphatic carbocycles. The molecule has 192 valence electrons. The lowest BCUT2D eigenvalue weighted by atomic mass is 10.1. The predicted molar refractivity (Wildman–Crippen MR) is 139 cm³/mol. The van der Waals surface area contributed by atoms with Crippen molar-refractivity contribution in [2.24, 2.45) is 0 Å². The largest absolute Gasteiger partial charge is 0.359 e. The summed E-state index contributed by atoms with van der Waals surface area (Å²) in [7, 11) is 0. The van der Waals surface area contributed by atoms with E-state index in [9.17, 15) is 13.6 Å². The van der Waals surface area contributed by atoms with Gasteiger partial charge >= 0.3 is 0 Å². The van der Waals surface area contributed by atoms with Crippen molar-refractivity contribution in [2.75, 3.05) is 13.2 Å². The van der Waals surface area contributed by atoms with Crippen molar-refractivity contribution in [1.82, 2.24) is 19.7 Å². The van der Waals surface area contributed by atoms with E-state index in [1.165, 1.54) is 23.1 Å². The van der Waals surface area contributed by atoms with Gasteiger partial charge in [0.05, 0.1) is 11.2 Å². The van der Waals surface area contributed by atoms with E-state index in [-0.39, 0.29) is 42.4 Å². The van der Waals surface area contributed by atoms with Crippen molar-refractivity contribution >= 4 is 32.7 Å². The number of carbonyl (C=O) groups excluding carboxylic acids is 1. The van der Waals surface area contributed by atoms with Crippen LogP contribution in [0.4, 0.5) is 13.2 Å². The molecule has 1 unspecified atom stereocenters. The van der Waals surface area contributed by atoms with Gasteiger partial charge in [0.15, 0.2) is 12.0 Å². The number of carbonyl (C=O) groups is 1. The maximum atomic E-state index is 15.0. The lowest BCUT2D eigenvalue weighted by Crippen LogP contribution is -2.31. The summed E-state index contributed by atoms with van der Waals surface area (Å²) in [6.45, 7) is -0.159. The Morgan fingerprint density at radius 1 is 1.05 bits per heavy atom. The summed E-state index contributed by atoms with van der Waals surface area (Å²) in [4.78, 5) is 17.1. The van der Waals surface area contributed by atoms with Gasteiger partial charge in [-0.3, -0.25) is 4.79 Å². The molecule has 0 saturated carbocycles. The minimum atomic E-state index is -0.841. The van der Waals surface area contributed by atoms with Crippen molar-refractivity contribution < 1.29 is 22.7 Å². The lowest BCUT2D eigenvalue weighted by Gasteiger charge is -2.23. The summed E-state index contributed by atoms with van der Waals surface area (Å²) < 4.78 is 51.9. The van der Waals surface area contributed by atoms with Crippen molar-refractivity contribution in [3.05, 3.63) is 106 Å². The maximum Gasteiger partial charge on any atom is 0.250 e. The van der Waals surface area contributed by atoms with Crippen LogP contribution in [0.2, 0.25) is 0 Å². The molecule has 1 aliphatic heterocycles. The lowest BCUT2D eigenvalue weighted by molar-refractivity contribution is -0.128. The van der Waals surface area contributed by atoms with E-state index in [0.29, 0.717) is 22.2 Å². The van der Waals surface area contributed by atoms with Gasteiger partial charge in [-0.25, -0.2) is 17.9 Å².